The second-order valence-electron chi connectivity index (χ2n) is 4.84. The first kappa shape index (κ1) is 14.0. The summed E-state index contributed by atoms with van der Waals surface area (Å²) < 4.78 is 0. The molecule has 5 heteroatoms. The lowest BCUT2D eigenvalue weighted by molar-refractivity contribution is -0.136. The van der Waals surface area contributed by atoms with Crippen LogP contribution in [0.4, 0.5) is 0 Å². The SMILES string of the molecule is CC(=O)N(C(C)C)C1CCN(C(=O)CN)CC1. The molecule has 0 unspecified atom stereocenters. The number of piperidine rings is 1. The molecule has 1 fully saturated rings. The van der Waals surface area contributed by atoms with Gasteiger partial charge in [0.15, 0.2) is 0 Å². The smallest absolute Gasteiger partial charge is 0.236 e. The van der Waals surface area contributed by atoms with E-state index in [1.165, 1.54) is 0 Å². The van der Waals surface area contributed by atoms with Crippen molar-refractivity contribution in [2.24, 2.45) is 5.73 Å². The number of likely N-dealkylation sites (tertiary alicyclic amines) is 1. The average molecular weight is 241 g/mol. The van der Waals surface area contributed by atoms with Gasteiger partial charge in [0.1, 0.15) is 0 Å². The van der Waals surface area contributed by atoms with Crippen molar-refractivity contribution < 1.29 is 9.59 Å². The molecule has 0 aromatic heterocycles. The average Bonchev–Trinajstić information content (AvgIpc) is 2.28. The molecule has 1 aliphatic rings. The highest BCUT2D eigenvalue weighted by atomic mass is 16.2. The Balaban J connectivity index is 2.56. The maximum Gasteiger partial charge on any atom is 0.236 e. The minimum Gasteiger partial charge on any atom is -0.341 e. The molecule has 0 aromatic rings. The molecule has 0 aromatic carbocycles. The fourth-order valence-corrected chi connectivity index (χ4v) is 2.56. The number of hydrogen-bond acceptors (Lipinski definition) is 3. The summed E-state index contributed by atoms with van der Waals surface area (Å²) in [6.45, 7) is 7.15. The topological polar surface area (TPSA) is 66.6 Å². The van der Waals surface area contributed by atoms with Crippen LogP contribution in [0.15, 0.2) is 0 Å². The van der Waals surface area contributed by atoms with Crippen LogP contribution in [-0.2, 0) is 9.59 Å². The summed E-state index contributed by atoms with van der Waals surface area (Å²) >= 11 is 0. The van der Waals surface area contributed by atoms with Crippen LogP contribution in [0.2, 0.25) is 0 Å². The predicted molar refractivity (Wildman–Crippen MR) is 66.3 cm³/mol. The predicted octanol–water partition coefficient (Wildman–Crippen LogP) is 0.193. The molecule has 0 bridgehead atoms. The van der Waals surface area contributed by atoms with E-state index in [0.717, 1.165) is 12.8 Å². The van der Waals surface area contributed by atoms with Gasteiger partial charge >= 0.3 is 0 Å². The quantitative estimate of drug-likeness (QED) is 0.767. The minimum absolute atomic E-state index is 0.00220. The molecule has 1 rings (SSSR count). The summed E-state index contributed by atoms with van der Waals surface area (Å²) in [5.41, 5.74) is 5.34. The fraction of sp³-hybridized carbons (Fsp3) is 0.833. The van der Waals surface area contributed by atoms with Crippen LogP contribution in [0, 0.1) is 0 Å². The first-order valence-electron chi connectivity index (χ1n) is 6.24. The second kappa shape index (κ2) is 6.00. The number of nitrogens with two attached hydrogens (primary N) is 1. The molecular weight excluding hydrogens is 218 g/mol. The van der Waals surface area contributed by atoms with E-state index in [9.17, 15) is 9.59 Å². The van der Waals surface area contributed by atoms with E-state index in [4.69, 9.17) is 5.73 Å². The first-order chi connectivity index (χ1) is 7.97. The number of hydrogen-bond donors (Lipinski definition) is 1. The Morgan fingerprint density at radius 2 is 1.88 bits per heavy atom. The Morgan fingerprint density at radius 3 is 2.24 bits per heavy atom. The maximum absolute atomic E-state index is 11.6. The van der Waals surface area contributed by atoms with Crippen molar-refractivity contribution in [1.29, 1.82) is 0 Å². The van der Waals surface area contributed by atoms with E-state index in [1.807, 2.05) is 18.7 Å². The maximum atomic E-state index is 11.6. The molecule has 1 heterocycles. The highest BCUT2D eigenvalue weighted by molar-refractivity contribution is 5.78. The molecule has 98 valence electrons. The lowest BCUT2D eigenvalue weighted by Crippen LogP contribution is -2.51. The van der Waals surface area contributed by atoms with Gasteiger partial charge in [-0.15, -0.1) is 0 Å². The minimum atomic E-state index is 0.00220. The third-order valence-electron chi connectivity index (χ3n) is 3.31. The summed E-state index contributed by atoms with van der Waals surface area (Å²) in [4.78, 5) is 26.7. The lowest BCUT2D eigenvalue weighted by atomic mass is 10.0. The number of nitrogens with zero attached hydrogens (tertiary/aromatic N) is 2. The van der Waals surface area contributed by atoms with E-state index >= 15 is 0 Å². The molecule has 2 amide bonds. The lowest BCUT2D eigenvalue weighted by Gasteiger charge is -2.40. The number of rotatable bonds is 3. The van der Waals surface area contributed by atoms with Crippen molar-refractivity contribution in [1.82, 2.24) is 9.80 Å². The molecule has 1 aliphatic heterocycles. The van der Waals surface area contributed by atoms with Crippen LogP contribution in [0.5, 0.6) is 0 Å². The Morgan fingerprint density at radius 1 is 1.35 bits per heavy atom. The van der Waals surface area contributed by atoms with Gasteiger partial charge in [0.05, 0.1) is 6.54 Å². The van der Waals surface area contributed by atoms with Crippen molar-refractivity contribution >= 4 is 11.8 Å². The Hall–Kier alpha value is -1.10. The van der Waals surface area contributed by atoms with Gasteiger partial charge in [0.25, 0.3) is 0 Å². The molecule has 0 aliphatic carbocycles. The number of carbonyl (C=O) groups is 2. The van der Waals surface area contributed by atoms with Crippen LogP contribution in [0.1, 0.15) is 33.6 Å². The highest BCUT2D eigenvalue weighted by Gasteiger charge is 2.28. The fourth-order valence-electron chi connectivity index (χ4n) is 2.56. The standard InChI is InChI=1S/C12H23N3O2/c1-9(2)15(10(3)16)11-4-6-14(7-5-11)12(17)8-13/h9,11H,4-8,13H2,1-3H3. The monoisotopic (exact) mass is 241 g/mol. The van der Waals surface area contributed by atoms with Crippen molar-refractivity contribution in [2.75, 3.05) is 19.6 Å². The molecule has 2 N–H and O–H groups in total. The zero-order chi connectivity index (χ0) is 13.0. The molecule has 0 radical (unpaired) electrons. The van der Waals surface area contributed by atoms with Gasteiger partial charge in [-0.25, -0.2) is 0 Å². The largest absolute Gasteiger partial charge is 0.341 e. The van der Waals surface area contributed by atoms with E-state index < -0.39 is 0 Å². The van der Waals surface area contributed by atoms with Gasteiger partial charge in [-0.05, 0) is 26.7 Å². The Bertz CT molecular complexity index is 283. The molecule has 5 nitrogen and oxygen atoms in total. The van der Waals surface area contributed by atoms with Crippen LogP contribution in [-0.4, -0.2) is 53.3 Å². The first-order valence-corrected chi connectivity index (χ1v) is 6.24. The van der Waals surface area contributed by atoms with Crippen LogP contribution < -0.4 is 5.73 Å². The summed E-state index contributed by atoms with van der Waals surface area (Å²) in [6, 6.07) is 0.476. The second-order valence-corrected chi connectivity index (χ2v) is 4.84. The zero-order valence-corrected chi connectivity index (χ0v) is 11.0. The van der Waals surface area contributed by atoms with E-state index in [-0.39, 0.29) is 30.4 Å². The summed E-state index contributed by atoms with van der Waals surface area (Å²) in [5, 5.41) is 0. The number of amides is 2. The van der Waals surface area contributed by atoms with Crippen LogP contribution in [0.25, 0.3) is 0 Å². The van der Waals surface area contributed by atoms with Crippen LogP contribution in [0.3, 0.4) is 0 Å². The van der Waals surface area contributed by atoms with E-state index in [0.29, 0.717) is 13.1 Å². The summed E-state index contributed by atoms with van der Waals surface area (Å²) in [5.74, 6) is 0.117. The van der Waals surface area contributed by atoms with Gasteiger partial charge in [-0.1, -0.05) is 0 Å². The number of carbonyl (C=O) groups excluding carboxylic acids is 2. The van der Waals surface area contributed by atoms with Crippen molar-refractivity contribution in [3.8, 4) is 0 Å². The molecule has 0 spiro atoms. The van der Waals surface area contributed by atoms with Gasteiger partial charge < -0.3 is 15.5 Å². The van der Waals surface area contributed by atoms with E-state index in [2.05, 4.69) is 0 Å². The summed E-state index contributed by atoms with van der Waals surface area (Å²) in [6.07, 6.45) is 1.70. The van der Waals surface area contributed by atoms with Gasteiger partial charge in [0.2, 0.25) is 11.8 Å². The summed E-state index contributed by atoms with van der Waals surface area (Å²) in [7, 11) is 0. The van der Waals surface area contributed by atoms with E-state index in [1.54, 1.807) is 11.8 Å². The molecule has 1 saturated heterocycles. The highest BCUT2D eigenvalue weighted by Crippen LogP contribution is 2.19. The Kier molecular flexibility index (Phi) is 4.93. The molecule has 0 atom stereocenters. The normalized spacial score (nSPS) is 17.4. The molecule has 17 heavy (non-hydrogen) atoms. The molecular formula is C12H23N3O2. The van der Waals surface area contributed by atoms with Crippen molar-refractivity contribution in [2.45, 2.75) is 45.7 Å². The third-order valence-corrected chi connectivity index (χ3v) is 3.31. The van der Waals surface area contributed by atoms with Crippen LogP contribution >= 0.6 is 0 Å². The van der Waals surface area contributed by atoms with Gasteiger partial charge in [-0.3, -0.25) is 9.59 Å². The third kappa shape index (κ3) is 3.43. The zero-order valence-electron chi connectivity index (χ0n) is 11.0. The van der Waals surface area contributed by atoms with Crippen molar-refractivity contribution in [3.05, 3.63) is 0 Å². The molecule has 0 saturated carbocycles. The van der Waals surface area contributed by atoms with Crippen molar-refractivity contribution in [3.63, 3.8) is 0 Å². The van der Waals surface area contributed by atoms with Gasteiger partial charge in [0, 0.05) is 32.1 Å². The van der Waals surface area contributed by atoms with Gasteiger partial charge in [-0.2, -0.15) is 0 Å². The Labute approximate surface area is 103 Å².